The van der Waals surface area contributed by atoms with Gasteiger partial charge in [-0.2, -0.15) is 0 Å². The van der Waals surface area contributed by atoms with Crippen LogP contribution in [0.15, 0.2) is 0 Å². The lowest BCUT2D eigenvalue weighted by molar-refractivity contribution is -0.113. The minimum Gasteiger partial charge on any atom is -0.378 e. The van der Waals surface area contributed by atoms with Crippen molar-refractivity contribution in [3.63, 3.8) is 0 Å². The van der Waals surface area contributed by atoms with E-state index in [9.17, 15) is 4.79 Å². The average molecular weight is 188 g/mol. The third-order valence-electron chi connectivity index (χ3n) is 3.02. The van der Waals surface area contributed by atoms with E-state index in [1.807, 2.05) is 0 Å². The molecule has 12 heavy (non-hydrogen) atoms. The Bertz CT molecular complexity index is 158. The van der Waals surface area contributed by atoms with Crippen LogP contribution in [-0.2, 0) is 9.53 Å². The van der Waals surface area contributed by atoms with Gasteiger partial charge >= 0.3 is 0 Å². The van der Waals surface area contributed by atoms with E-state index in [4.69, 9.17) is 4.74 Å². The van der Waals surface area contributed by atoms with Gasteiger partial charge in [0.25, 0.3) is 0 Å². The molecule has 0 aromatic rings. The highest BCUT2D eigenvalue weighted by Crippen LogP contribution is 2.38. The van der Waals surface area contributed by atoms with Gasteiger partial charge in [-0.05, 0) is 5.04 Å². The van der Waals surface area contributed by atoms with Crippen molar-refractivity contribution in [1.82, 2.24) is 0 Å². The minimum absolute atomic E-state index is 0.183. The van der Waals surface area contributed by atoms with Crippen molar-refractivity contribution in [2.45, 2.75) is 44.6 Å². The molecule has 0 radical (unpaired) electrons. The van der Waals surface area contributed by atoms with Crippen molar-refractivity contribution in [3.05, 3.63) is 0 Å². The molecule has 0 N–H and O–H groups in total. The molecule has 0 saturated heterocycles. The molecular weight excluding hydrogens is 168 g/mol. The van der Waals surface area contributed by atoms with Crippen molar-refractivity contribution in [2.24, 2.45) is 0 Å². The van der Waals surface area contributed by atoms with Crippen LogP contribution in [0.4, 0.5) is 0 Å². The molecule has 0 aliphatic rings. The average Bonchev–Trinajstić information content (AvgIpc) is 1.87. The van der Waals surface area contributed by atoms with Crippen LogP contribution >= 0.6 is 0 Å². The maximum atomic E-state index is 10.7. The Morgan fingerprint density at radius 1 is 1.33 bits per heavy atom. The summed E-state index contributed by atoms with van der Waals surface area (Å²) < 4.78 is 5.18. The topological polar surface area (TPSA) is 26.3 Å². The lowest BCUT2D eigenvalue weighted by Gasteiger charge is -2.39. The second-order valence-corrected chi connectivity index (χ2v) is 10.3. The number of hydrogen-bond acceptors (Lipinski definition) is 2. The Hall–Kier alpha value is -0.153. The normalized spacial score (nSPS) is 15.8. The molecule has 0 fully saturated rings. The van der Waals surface area contributed by atoms with Gasteiger partial charge in [0, 0.05) is 7.11 Å². The second kappa shape index (κ2) is 3.71. The van der Waals surface area contributed by atoms with Crippen molar-refractivity contribution in [1.29, 1.82) is 0 Å². The zero-order chi connectivity index (χ0) is 9.99. The molecule has 72 valence electrons. The fourth-order valence-corrected chi connectivity index (χ4v) is 2.73. The summed E-state index contributed by atoms with van der Waals surface area (Å²) in [5.41, 5.74) is -0.183. The first kappa shape index (κ1) is 11.8. The summed E-state index contributed by atoms with van der Waals surface area (Å²) in [7, 11) is -0.0139. The fourth-order valence-electron chi connectivity index (χ4n) is 0.947. The van der Waals surface area contributed by atoms with Crippen molar-refractivity contribution < 1.29 is 9.53 Å². The van der Waals surface area contributed by atoms with E-state index in [-0.39, 0.29) is 10.8 Å². The largest absolute Gasteiger partial charge is 0.378 e. The van der Waals surface area contributed by atoms with E-state index in [0.717, 1.165) is 6.29 Å². The Balaban J connectivity index is 4.69. The molecule has 2 nitrogen and oxygen atoms in total. The fraction of sp³-hybridized carbons (Fsp3) is 0.889. The SMILES string of the molecule is CO[C@@H](C=O)[Si](C)(C)C(C)(C)C. The number of hydrogen-bond donors (Lipinski definition) is 0. The predicted molar refractivity (Wildman–Crippen MR) is 54.1 cm³/mol. The van der Waals surface area contributed by atoms with Crippen molar-refractivity contribution >= 4 is 14.4 Å². The standard InChI is InChI=1S/C9H20O2Si/c1-9(2,3)12(5,6)8(7-10)11-4/h7-8H,1-6H3/t8-/m1/s1. The molecule has 0 unspecified atom stereocenters. The summed E-state index contributed by atoms with van der Waals surface area (Å²) in [6.45, 7) is 10.9. The predicted octanol–water partition coefficient (Wildman–Crippen LogP) is 2.25. The molecule has 1 atom stereocenters. The molecule has 0 aliphatic carbocycles. The molecule has 0 aromatic heterocycles. The highest BCUT2D eigenvalue weighted by Gasteiger charge is 2.42. The van der Waals surface area contributed by atoms with Gasteiger partial charge in [0.15, 0.2) is 0 Å². The zero-order valence-electron chi connectivity index (χ0n) is 8.97. The van der Waals surface area contributed by atoms with Crippen LogP contribution in [0, 0.1) is 0 Å². The Morgan fingerprint density at radius 2 is 1.75 bits per heavy atom. The summed E-state index contributed by atoms with van der Waals surface area (Å²) in [6, 6.07) is 0. The summed E-state index contributed by atoms with van der Waals surface area (Å²) in [4.78, 5) is 10.7. The summed E-state index contributed by atoms with van der Waals surface area (Å²) >= 11 is 0. The minimum atomic E-state index is -1.62. The quantitative estimate of drug-likeness (QED) is 0.501. The first-order chi connectivity index (χ1) is 5.27. The number of carbonyl (C=O) groups excluding carboxylic acids is 1. The molecule has 3 heteroatoms. The molecule has 0 amide bonds. The van der Waals surface area contributed by atoms with Crippen LogP contribution in [0.1, 0.15) is 20.8 Å². The Labute approximate surface area is 76.3 Å². The van der Waals surface area contributed by atoms with E-state index >= 15 is 0 Å². The van der Waals surface area contributed by atoms with Gasteiger partial charge in [-0.1, -0.05) is 33.9 Å². The maximum absolute atomic E-state index is 10.7. The number of rotatable bonds is 3. The van der Waals surface area contributed by atoms with Crippen LogP contribution < -0.4 is 0 Å². The van der Waals surface area contributed by atoms with E-state index in [1.54, 1.807) is 7.11 Å². The van der Waals surface area contributed by atoms with Gasteiger partial charge in [-0.3, -0.25) is 0 Å². The molecular formula is C9H20O2Si. The maximum Gasteiger partial charge on any atom is 0.145 e. The number of methoxy groups -OCH3 is 1. The first-order valence-electron chi connectivity index (χ1n) is 4.25. The molecule has 0 aromatic carbocycles. The van der Waals surface area contributed by atoms with Gasteiger partial charge in [0.1, 0.15) is 12.0 Å². The van der Waals surface area contributed by atoms with Gasteiger partial charge in [-0.15, -0.1) is 0 Å². The highest BCUT2D eigenvalue weighted by molar-refractivity contribution is 6.83. The van der Waals surface area contributed by atoms with E-state index in [0.29, 0.717) is 0 Å². The highest BCUT2D eigenvalue weighted by atomic mass is 28.3. The monoisotopic (exact) mass is 188 g/mol. The van der Waals surface area contributed by atoms with Crippen molar-refractivity contribution in [3.8, 4) is 0 Å². The third kappa shape index (κ3) is 2.17. The lowest BCUT2D eigenvalue weighted by Crippen LogP contribution is -2.51. The van der Waals surface area contributed by atoms with Crippen molar-refractivity contribution in [2.75, 3.05) is 7.11 Å². The van der Waals surface area contributed by atoms with E-state index in [1.165, 1.54) is 0 Å². The van der Waals surface area contributed by atoms with Crippen LogP contribution in [0.25, 0.3) is 0 Å². The lowest BCUT2D eigenvalue weighted by atomic mass is 10.2. The van der Waals surface area contributed by atoms with Crippen LogP contribution in [0.5, 0.6) is 0 Å². The number of carbonyl (C=O) groups is 1. The van der Waals surface area contributed by atoms with Crippen LogP contribution in [0.2, 0.25) is 18.1 Å². The number of ether oxygens (including phenoxy) is 1. The zero-order valence-corrected chi connectivity index (χ0v) is 9.97. The van der Waals surface area contributed by atoms with Gasteiger partial charge in [0.2, 0.25) is 0 Å². The second-order valence-electron chi connectivity index (χ2n) is 4.76. The Kier molecular flexibility index (Phi) is 3.66. The van der Waals surface area contributed by atoms with E-state index in [2.05, 4.69) is 33.9 Å². The third-order valence-corrected chi connectivity index (χ3v) is 8.68. The van der Waals surface area contributed by atoms with Gasteiger partial charge in [0.05, 0.1) is 8.07 Å². The summed E-state index contributed by atoms with van der Waals surface area (Å²) in [5.74, 6) is 0. The molecule has 0 bridgehead atoms. The molecule has 0 aliphatic heterocycles. The summed E-state index contributed by atoms with van der Waals surface area (Å²) in [6.07, 6.45) is 0.942. The molecule has 0 rings (SSSR count). The first-order valence-corrected chi connectivity index (χ1v) is 7.33. The van der Waals surface area contributed by atoms with Gasteiger partial charge < -0.3 is 9.53 Å². The number of aldehydes is 1. The van der Waals surface area contributed by atoms with Gasteiger partial charge in [-0.25, -0.2) is 0 Å². The molecule has 0 heterocycles. The van der Waals surface area contributed by atoms with E-state index < -0.39 is 8.07 Å². The van der Waals surface area contributed by atoms with Crippen LogP contribution in [0.3, 0.4) is 0 Å². The smallest absolute Gasteiger partial charge is 0.145 e. The molecule has 0 spiro atoms. The Morgan fingerprint density at radius 3 is 1.83 bits per heavy atom. The van der Waals surface area contributed by atoms with Crippen LogP contribution in [-0.4, -0.2) is 27.2 Å². The summed E-state index contributed by atoms with van der Waals surface area (Å²) in [5, 5.41) is 0.203. The molecule has 0 saturated carbocycles.